The second-order valence-corrected chi connectivity index (χ2v) is 8.33. The van der Waals surface area contributed by atoms with Gasteiger partial charge in [-0.2, -0.15) is 0 Å². The third kappa shape index (κ3) is 4.16. The fraction of sp³-hybridized carbons (Fsp3) is 0.435. The van der Waals surface area contributed by atoms with Crippen molar-refractivity contribution in [1.82, 2.24) is 9.88 Å². The van der Waals surface area contributed by atoms with Gasteiger partial charge >= 0.3 is 17.8 Å². The molecule has 3 heterocycles. The van der Waals surface area contributed by atoms with E-state index in [-0.39, 0.29) is 18.0 Å². The predicted molar refractivity (Wildman–Crippen MR) is 109 cm³/mol. The predicted octanol–water partition coefficient (Wildman–Crippen LogP) is 2.59. The summed E-state index contributed by atoms with van der Waals surface area (Å²) in [6.07, 6.45) is 4.64. The topological polar surface area (TPSA) is 88.7 Å². The third-order valence-electron chi connectivity index (χ3n) is 5.89. The first kappa shape index (κ1) is 20.3. The Morgan fingerprint density at radius 3 is 2.47 bits per heavy atom. The van der Waals surface area contributed by atoms with Crippen molar-refractivity contribution < 1.29 is 19.1 Å². The average Bonchev–Trinajstić information content (AvgIpc) is 2.97. The number of hydrogen-bond donors (Lipinski definition) is 1. The number of pyridine rings is 1. The third-order valence-corrected chi connectivity index (χ3v) is 5.89. The van der Waals surface area contributed by atoms with Crippen molar-refractivity contribution in [3.8, 4) is 0 Å². The Labute approximate surface area is 175 Å². The number of nitrogens with one attached hydrogen (secondary N) is 1. The van der Waals surface area contributed by atoms with Crippen molar-refractivity contribution in [1.29, 1.82) is 0 Å². The number of likely N-dealkylation sites (tertiary alicyclic amines) is 1. The van der Waals surface area contributed by atoms with Gasteiger partial charge in [0.1, 0.15) is 0 Å². The molecular weight excluding hydrogens is 384 g/mol. The zero-order valence-corrected chi connectivity index (χ0v) is 17.3. The van der Waals surface area contributed by atoms with Crippen LogP contribution in [0.25, 0.3) is 0 Å². The number of ether oxygens (including phenoxy) is 2. The van der Waals surface area contributed by atoms with Crippen LogP contribution < -0.4 is 5.56 Å². The van der Waals surface area contributed by atoms with E-state index in [1.807, 2.05) is 0 Å². The van der Waals surface area contributed by atoms with E-state index in [1.165, 1.54) is 16.7 Å². The van der Waals surface area contributed by atoms with E-state index in [9.17, 15) is 14.4 Å². The van der Waals surface area contributed by atoms with Gasteiger partial charge in [-0.15, -0.1) is 0 Å². The lowest BCUT2D eigenvalue weighted by Crippen LogP contribution is -2.55. The molecule has 1 N–H and O–H groups in total. The first-order valence-electron chi connectivity index (χ1n) is 10.3. The minimum atomic E-state index is -1.43. The van der Waals surface area contributed by atoms with Gasteiger partial charge in [-0.3, -0.25) is 4.79 Å². The van der Waals surface area contributed by atoms with Crippen molar-refractivity contribution >= 4 is 11.9 Å². The van der Waals surface area contributed by atoms with Gasteiger partial charge < -0.3 is 14.5 Å². The van der Waals surface area contributed by atoms with Crippen LogP contribution in [0, 0.1) is 19.8 Å². The molecule has 0 saturated carbocycles. The molecule has 30 heavy (non-hydrogen) atoms. The lowest BCUT2D eigenvalue weighted by molar-refractivity contribution is -0.274. The van der Waals surface area contributed by atoms with Gasteiger partial charge in [0.25, 0.3) is 5.56 Å². The largest absolute Gasteiger partial charge is 0.421 e. The lowest BCUT2D eigenvalue weighted by Gasteiger charge is -2.43. The Hall–Kier alpha value is -2.93. The number of H-pyrrole nitrogens is 1. The Morgan fingerprint density at radius 1 is 1.10 bits per heavy atom. The van der Waals surface area contributed by atoms with Crippen LogP contribution in [0.5, 0.6) is 0 Å². The van der Waals surface area contributed by atoms with E-state index in [0.717, 1.165) is 19.3 Å². The standard InChI is InChI=1S/C23H26N2O5/c1-15-10-16(2)12-18(11-15)6-5-17-7-9-25(14-19-4-3-8-24-20(19)26)23(13-17)29-21(27)22(28)30-23/h3-4,8,10-12,17H,5-7,9,13-14H2,1-2H3,(H,24,26). The van der Waals surface area contributed by atoms with Gasteiger partial charge in [-0.1, -0.05) is 35.4 Å². The van der Waals surface area contributed by atoms with Gasteiger partial charge in [0.15, 0.2) is 0 Å². The molecule has 0 aliphatic carbocycles. The lowest BCUT2D eigenvalue weighted by atomic mass is 9.87. The van der Waals surface area contributed by atoms with Crippen LogP contribution in [-0.2, 0) is 32.0 Å². The van der Waals surface area contributed by atoms with Crippen molar-refractivity contribution in [2.45, 2.75) is 52.0 Å². The van der Waals surface area contributed by atoms with Crippen LogP contribution >= 0.6 is 0 Å². The summed E-state index contributed by atoms with van der Waals surface area (Å²) in [5, 5.41) is 0. The normalized spacial score (nSPS) is 20.9. The number of carbonyl (C=O) groups is 2. The maximum atomic E-state index is 12.1. The zero-order valence-electron chi connectivity index (χ0n) is 17.3. The molecule has 2 saturated heterocycles. The number of rotatable bonds is 5. The Kier molecular flexibility index (Phi) is 5.47. The molecule has 4 rings (SSSR count). The summed E-state index contributed by atoms with van der Waals surface area (Å²) in [6.45, 7) is 4.98. The number of carbonyl (C=O) groups excluding carboxylic acids is 2. The van der Waals surface area contributed by atoms with Gasteiger partial charge in [0.2, 0.25) is 0 Å². The van der Waals surface area contributed by atoms with Gasteiger partial charge in [0, 0.05) is 31.3 Å². The quantitative estimate of drug-likeness (QED) is 0.602. The highest BCUT2D eigenvalue weighted by Gasteiger charge is 2.55. The Bertz CT molecular complexity index is 992. The maximum Gasteiger partial charge on any atom is 0.421 e. The summed E-state index contributed by atoms with van der Waals surface area (Å²) in [7, 11) is 0. The van der Waals surface area contributed by atoms with E-state index < -0.39 is 17.8 Å². The van der Waals surface area contributed by atoms with Crippen molar-refractivity contribution in [2.24, 2.45) is 5.92 Å². The minimum Gasteiger partial charge on any atom is -0.400 e. The number of esters is 2. The van der Waals surface area contributed by atoms with E-state index in [4.69, 9.17) is 9.47 Å². The first-order chi connectivity index (χ1) is 14.3. The molecule has 1 aromatic carbocycles. The molecule has 7 heteroatoms. The van der Waals surface area contributed by atoms with Crippen LogP contribution in [0.2, 0.25) is 0 Å². The number of aryl methyl sites for hydroxylation is 3. The van der Waals surface area contributed by atoms with Gasteiger partial charge in [-0.05, 0) is 50.7 Å². The molecule has 2 aliphatic rings. The maximum absolute atomic E-state index is 12.1. The molecule has 0 amide bonds. The Morgan fingerprint density at radius 2 is 1.80 bits per heavy atom. The van der Waals surface area contributed by atoms with E-state index in [2.05, 4.69) is 37.0 Å². The fourth-order valence-electron chi connectivity index (χ4n) is 4.53. The molecular formula is C23H26N2O5. The molecule has 0 bridgehead atoms. The van der Waals surface area contributed by atoms with Crippen molar-refractivity contribution in [2.75, 3.05) is 6.54 Å². The number of hydrogen-bond acceptors (Lipinski definition) is 6. The fourth-order valence-corrected chi connectivity index (χ4v) is 4.53. The average molecular weight is 410 g/mol. The van der Waals surface area contributed by atoms with E-state index >= 15 is 0 Å². The molecule has 0 radical (unpaired) electrons. The summed E-state index contributed by atoms with van der Waals surface area (Å²) < 4.78 is 10.9. The molecule has 1 aromatic heterocycles. The molecule has 1 unspecified atom stereocenters. The molecule has 1 spiro atoms. The van der Waals surface area contributed by atoms with Crippen molar-refractivity contribution in [3.05, 3.63) is 69.1 Å². The smallest absolute Gasteiger partial charge is 0.400 e. The molecule has 1 atom stereocenters. The van der Waals surface area contributed by atoms with E-state index in [0.29, 0.717) is 18.5 Å². The van der Waals surface area contributed by atoms with Crippen molar-refractivity contribution in [3.63, 3.8) is 0 Å². The summed E-state index contributed by atoms with van der Waals surface area (Å²) >= 11 is 0. The molecule has 2 fully saturated rings. The monoisotopic (exact) mass is 410 g/mol. The SMILES string of the molecule is Cc1cc(C)cc(CCC2CCN(Cc3ccc[nH]c3=O)C3(C2)OC(=O)C(=O)O3)c1. The Balaban J connectivity index is 1.50. The number of aromatic nitrogens is 1. The summed E-state index contributed by atoms with van der Waals surface area (Å²) in [5.41, 5.74) is 4.08. The van der Waals surface area contributed by atoms with E-state index in [1.54, 1.807) is 23.2 Å². The van der Waals surface area contributed by atoms with Crippen LogP contribution in [0.3, 0.4) is 0 Å². The number of nitrogens with zero attached hydrogens (tertiary/aromatic N) is 1. The first-order valence-corrected chi connectivity index (χ1v) is 10.3. The molecule has 2 aliphatic heterocycles. The van der Waals surface area contributed by atoms with Crippen LogP contribution in [-0.4, -0.2) is 34.3 Å². The molecule has 158 valence electrons. The summed E-state index contributed by atoms with van der Waals surface area (Å²) in [4.78, 5) is 40.3. The summed E-state index contributed by atoms with van der Waals surface area (Å²) in [6, 6.07) is 9.99. The number of aromatic amines is 1. The van der Waals surface area contributed by atoms with Crippen LogP contribution in [0.1, 0.15) is 41.5 Å². The second kappa shape index (κ2) is 8.07. The van der Waals surface area contributed by atoms with Gasteiger partial charge in [0.05, 0.1) is 0 Å². The number of benzene rings is 1. The second-order valence-electron chi connectivity index (χ2n) is 8.33. The summed E-state index contributed by atoms with van der Waals surface area (Å²) in [5.74, 6) is -3.15. The number of piperidine rings is 1. The zero-order chi connectivity index (χ0) is 21.3. The minimum absolute atomic E-state index is 0.208. The molecule has 7 nitrogen and oxygen atoms in total. The van der Waals surface area contributed by atoms with Gasteiger partial charge in [-0.25, -0.2) is 14.5 Å². The highest BCUT2D eigenvalue weighted by molar-refractivity contribution is 6.31. The highest BCUT2D eigenvalue weighted by Crippen LogP contribution is 2.40. The molecule has 2 aromatic rings. The highest BCUT2D eigenvalue weighted by atomic mass is 16.8. The van der Waals surface area contributed by atoms with Crippen LogP contribution in [0.4, 0.5) is 0 Å². The van der Waals surface area contributed by atoms with Crippen LogP contribution in [0.15, 0.2) is 41.3 Å².